The van der Waals surface area contributed by atoms with Crippen LogP contribution in [-0.2, 0) is 0 Å². The highest BCUT2D eigenvalue weighted by Gasteiger charge is 2.28. The fraction of sp³-hybridized carbons (Fsp3) is 0.400. The molecule has 1 N–H and O–H groups in total. The molecule has 1 aliphatic rings. The van der Waals surface area contributed by atoms with Gasteiger partial charge in [-0.3, -0.25) is 4.98 Å². The van der Waals surface area contributed by atoms with Crippen molar-refractivity contribution in [3.8, 4) is 0 Å². The Balaban J connectivity index is 2.06. The zero-order valence-electron chi connectivity index (χ0n) is 8.26. The lowest BCUT2D eigenvalue weighted by Crippen LogP contribution is -2.29. The lowest BCUT2D eigenvalue weighted by atomic mass is 10.1. The Kier molecular flexibility index (Phi) is 3.11. The molecule has 1 aliphatic heterocycles. The Bertz CT molecular complexity index is 344. The first-order valence-electron chi connectivity index (χ1n) is 4.87. The summed E-state index contributed by atoms with van der Waals surface area (Å²) < 4.78 is 0. The van der Waals surface area contributed by atoms with E-state index < -0.39 is 0 Å². The van der Waals surface area contributed by atoms with Crippen molar-refractivity contribution < 1.29 is 4.79 Å². The van der Waals surface area contributed by atoms with Crippen molar-refractivity contribution in [1.82, 2.24) is 15.2 Å². The quantitative estimate of drug-likeness (QED) is 0.753. The third-order valence-corrected chi connectivity index (χ3v) is 2.67. The number of amides is 2. The minimum absolute atomic E-state index is 0.00846. The molecule has 2 amide bonds. The van der Waals surface area contributed by atoms with Gasteiger partial charge >= 0.3 is 6.03 Å². The fourth-order valence-corrected chi connectivity index (χ4v) is 1.93. The molecule has 4 nitrogen and oxygen atoms in total. The highest BCUT2D eigenvalue weighted by Crippen LogP contribution is 2.18. The number of rotatable bonds is 3. The van der Waals surface area contributed by atoms with Crippen molar-refractivity contribution in [2.75, 3.05) is 18.8 Å². The summed E-state index contributed by atoms with van der Waals surface area (Å²) in [5, 5.41) is 2.93. The molecule has 0 aliphatic carbocycles. The molecule has 1 fully saturated rings. The van der Waals surface area contributed by atoms with Gasteiger partial charge in [0.15, 0.2) is 0 Å². The zero-order valence-corrected chi connectivity index (χ0v) is 9.15. The van der Waals surface area contributed by atoms with Crippen molar-refractivity contribution in [2.45, 2.75) is 6.04 Å². The number of aromatic nitrogens is 1. The van der Waals surface area contributed by atoms with Crippen molar-refractivity contribution in [1.29, 1.82) is 0 Å². The molecule has 2 heterocycles. The van der Waals surface area contributed by atoms with Crippen molar-refractivity contribution in [3.63, 3.8) is 0 Å². The third-order valence-electron chi connectivity index (χ3n) is 2.47. The van der Waals surface area contributed by atoms with Crippen LogP contribution in [0, 0.1) is 0 Å². The first-order valence-corrected chi connectivity index (χ1v) is 5.50. The second-order valence-corrected chi connectivity index (χ2v) is 3.90. The number of urea groups is 1. The molecule has 0 bridgehead atoms. The molecule has 2 rings (SSSR count). The fourth-order valence-electron chi connectivity index (χ4n) is 1.69. The molecule has 0 radical (unpaired) electrons. The summed E-state index contributed by atoms with van der Waals surface area (Å²) in [6.45, 7) is 1.40. The Morgan fingerprint density at radius 1 is 1.53 bits per heavy atom. The minimum atomic E-state index is -0.00846. The van der Waals surface area contributed by atoms with Gasteiger partial charge < -0.3 is 10.2 Å². The van der Waals surface area contributed by atoms with Gasteiger partial charge in [-0.2, -0.15) is 12.6 Å². The number of hydrogen-bond donors (Lipinski definition) is 2. The van der Waals surface area contributed by atoms with E-state index in [9.17, 15) is 4.79 Å². The number of nitrogens with one attached hydrogen (secondary N) is 1. The smallest absolute Gasteiger partial charge is 0.318 e. The molecule has 1 atom stereocenters. The number of thiol groups is 1. The average Bonchev–Trinajstić information content (AvgIpc) is 2.63. The van der Waals surface area contributed by atoms with Gasteiger partial charge in [0.1, 0.15) is 0 Å². The van der Waals surface area contributed by atoms with E-state index in [0.717, 1.165) is 5.56 Å². The number of hydrogen-bond acceptors (Lipinski definition) is 3. The second-order valence-electron chi connectivity index (χ2n) is 3.45. The van der Waals surface area contributed by atoms with Gasteiger partial charge in [-0.15, -0.1) is 0 Å². The molecule has 1 aromatic rings. The van der Waals surface area contributed by atoms with Crippen LogP contribution >= 0.6 is 12.6 Å². The lowest BCUT2D eigenvalue weighted by molar-refractivity contribution is 0.220. The van der Waals surface area contributed by atoms with Crippen LogP contribution in [0.3, 0.4) is 0 Å². The van der Waals surface area contributed by atoms with Gasteiger partial charge in [0.25, 0.3) is 0 Å². The van der Waals surface area contributed by atoms with Crippen LogP contribution < -0.4 is 5.32 Å². The normalized spacial score (nSPS) is 20.5. The summed E-state index contributed by atoms with van der Waals surface area (Å²) in [6, 6.07) is 3.93. The average molecular weight is 223 g/mol. The van der Waals surface area contributed by atoms with E-state index in [1.54, 1.807) is 17.3 Å². The summed E-state index contributed by atoms with van der Waals surface area (Å²) >= 11 is 4.12. The molecular weight excluding hydrogens is 210 g/mol. The van der Waals surface area contributed by atoms with E-state index >= 15 is 0 Å². The molecule has 1 unspecified atom stereocenters. The monoisotopic (exact) mass is 223 g/mol. The molecule has 0 saturated carbocycles. The maximum Gasteiger partial charge on any atom is 0.318 e. The van der Waals surface area contributed by atoms with E-state index in [-0.39, 0.29) is 12.1 Å². The summed E-state index contributed by atoms with van der Waals surface area (Å²) in [7, 11) is 0. The SMILES string of the molecule is O=C1NC(c2ccncc2)CN1CCS. The van der Waals surface area contributed by atoms with E-state index in [4.69, 9.17) is 0 Å². The molecule has 5 heteroatoms. The van der Waals surface area contributed by atoms with Crippen molar-refractivity contribution >= 4 is 18.7 Å². The number of nitrogens with zero attached hydrogens (tertiary/aromatic N) is 2. The van der Waals surface area contributed by atoms with Crippen LogP contribution in [0.1, 0.15) is 11.6 Å². The van der Waals surface area contributed by atoms with E-state index in [2.05, 4.69) is 22.9 Å². The summed E-state index contributed by atoms with van der Waals surface area (Å²) in [5.74, 6) is 0.691. The van der Waals surface area contributed by atoms with Gasteiger partial charge in [0.05, 0.1) is 6.04 Å². The van der Waals surface area contributed by atoms with Gasteiger partial charge in [-0.1, -0.05) is 0 Å². The largest absolute Gasteiger partial charge is 0.329 e. The van der Waals surface area contributed by atoms with E-state index in [1.807, 2.05) is 12.1 Å². The minimum Gasteiger partial charge on any atom is -0.329 e. The lowest BCUT2D eigenvalue weighted by Gasteiger charge is -2.12. The Morgan fingerprint density at radius 3 is 2.93 bits per heavy atom. The number of carbonyl (C=O) groups is 1. The summed E-state index contributed by atoms with van der Waals surface area (Å²) in [6.07, 6.45) is 3.48. The summed E-state index contributed by atoms with van der Waals surface area (Å²) in [5.41, 5.74) is 1.10. The van der Waals surface area contributed by atoms with Crippen LogP contribution in [0.15, 0.2) is 24.5 Å². The van der Waals surface area contributed by atoms with Crippen molar-refractivity contribution in [2.24, 2.45) is 0 Å². The molecule has 1 aromatic heterocycles. The molecule has 0 spiro atoms. The first kappa shape index (κ1) is 10.3. The highest BCUT2D eigenvalue weighted by molar-refractivity contribution is 7.80. The van der Waals surface area contributed by atoms with Crippen LogP contribution in [-0.4, -0.2) is 34.8 Å². The predicted octanol–water partition coefficient (Wildman–Crippen LogP) is 1.08. The standard InChI is InChI=1S/C10H13N3OS/c14-10-12-9(7-13(10)5-6-15)8-1-3-11-4-2-8/h1-4,9,15H,5-7H2,(H,12,14). The highest BCUT2D eigenvalue weighted by atomic mass is 32.1. The van der Waals surface area contributed by atoms with Crippen LogP contribution in [0.4, 0.5) is 4.79 Å². The Hall–Kier alpha value is -1.23. The molecule has 80 valence electrons. The van der Waals surface area contributed by atoms with Gasteiger partial charge in [0, 0.05) is 31.2 Å². The van der Waals surface area contributed by atoms with Gasteiger partial charge in [-0.25, -0.2) is 4.79 Å². The van der Waals surface area contributed by atoms with E-state index in [1.165, 1.54) is 0 Å². The Morgan fingerprint density at radius 2 is 2.27 bits per heavy atom. The van der Waals surface area contributed by atoms with E-state index in [0.29, 0.717) is 18.8 Å². The Labute approximate surface area is 94.1 Å². The first-order chi connectivity index (χ1) is 7.31. The van der Waals surface area contributed by atoms with Gasteiger partial charge in [-0.05, 0) is 17.7 Å². The zero-order chi connectivity index (χ0) is 10.7. The maximum atomic E-state index is 11.5. The van der Waals surface area contributed by atoms with Gasteiger partial charge in [0.2, 0.25) is 0 Å². The number of carbonyl (C=O) groups excluding carboxylic acids is 1. The van der Waals surface area contributed by atoms with Crippen molar-refractivity contribution in [3.05, 3.63) is 30.1 Å². The predicted molar refractivity (Wildman–Crippen MR) is 60.9 cm³/mol. The number of pyridine rings is 1. The summed E-state index contributed by atoms with van der Waals surface area (Å²) in [4.78, 5) is 17.2. The molecule has 0 aromatic carbocycles. The van der Waals surface area contributed by atoms with Crippen LogP contribution in [0.2, 0.25) is 0 Å². The van der Waals surface area contributed by atoms with Crippen LogP contribution in [0.25, 0.3) is 0 Å². The topological polar surface area (TPSA) is 45.2 Å². The third kappa shape index (κ3) is 2.23. The molecule has 1 saturated heterocycles. The van der Waals surface area contributed by atoms with Crippen LogP contribution in [0.5, 0.6) is 0 Å². The maximum absolute atomic E-state index is 11.5. The molecule has 15 heavy (non-hydrogen) atoms. The second kappa shape index (κ2) is 4.53. The molecular formula is C10H13N3OS.